The Morgan fingerprint density at radius 2 is 1.96 bits per heavy atom. The van der Waals surface area contributed by atoms with Crippen LogP contribution in [0.15, 0.2) is 53.3 Å². The quantitative estimate of drug-likeness (QED) is 0.701. The summed E-state index contributed by atoms with van der Waals surface area (Å²) in [6, 6.07) is 12.2. The number of pyridine rings is 1. The minimum absolute atomic E-state index is 0.109. The molecule has 0 spiro atoms. The zero-order valence-corrected chi connectivity index (χ0v) is 14.6. The first-order valence-corrected chi connectivity index (χ1v) is 9.00. The number of hydrogen-bond acceptors (Lipinski definition) is 3. The Kier molecular flexibility index (Phi) is 5.40. The van der Waals surface area contributed by atoms with Crippen LogP contribution in [0.25, 0.3) is 10.9 Å². The van der Waals surface area contributed by atoms with Crippen LogP contribution in [-0.2, 0) is 10.5 Å². The maximum atomic E-state index is 12.8. The number of carbonyl (C=O) groups excluding carboxylic acids is 1. The van der Waals surface area contributed by atoms with Crippen LogP contribution in [0.5, 0.6) is 0 Å². The molecule has 0 aliphatic heterocycles. The van der Waals surface area contributed by atoms with Crippen LogP contribution in [0.3, 0.4) is 0 Å². The number of hydrogen-bond donors (Lipinski definition) is 2. The van der Waals surface area contributed by atoms with Gasteiger partial charge in [-0.2, -0.15) is 0 Å². The van der Waals surface area contributed by atoms with Gasteiger partial charge in [0.15, 0.2) is 5.43 Å². The van der Waals surface area contributed by atoms with Crippen molar-refractivity contribution >= 4 is 45.9 Å². The van der Waals surface area contributed by atoms with Gasteiger partial charge in [0.2, 0.25) is 5.91 Å². The molecule has 2 aromatic carbocycles. The molecule has 1 aromatic heterocycles. The number of aromatic amines is 1. The van der Waals surface area contributed by atoms with Gasteiger partial charge in [-0.1, -0.05) is 17.7 Å². The molecule has 0 saturated heterocycles. The van der Waals surface area contributed by atoms with Gasteiger partial charge in [-0.3, -0.25) is 9.59 Å². The fourth-order valence-corrected chi connectivity index (χ4v) is 3.31. The lowest BCUT2D eigenvalue weighted by Gasteiger charge is -2.07. The average molecular weight is 377 g/mol. The van der Waals surface area contributed by atoms with Crippen LogP contribution < -0.4 is 10.7 Å². The Bertz CT molecular complexity index is 973. The van der Waals surface area contributed by atoms with Gasteiger partial charge < -0.3 is 10.3 Å². The normalized spacial score (nSPS) is 10.8. The standard InChI is InChI=1S/C18H14ClFN2O2S/c19-15-3-1-2-14-16(23)8-13(22-18(14)15)9-25-10-17(24)21-12-6-4-11(20)5-7-12/h1-8H,9-10H2,(H,21,24)(H,22,23). The molecule has 2 N–H and O–H groups in total. The van der Waals surface area contributed by atoms with E-state index in [4.69, 9.17) is 11.6 Å². The van der Waals surface area contributed by atoms with Crippen LogP contribution >= 0.6 is 23.4 Å². The van der Waals surface area contributed by atoms with Crippen LogP contribution in [0, 0.1) is 5.82 Å². The zero-order valence-electron chi connectivity index (χ0n) is 13.0. The first-order valence-electron chi connectivity index (χ1n) is 7.46. The second kappa shape index (κ2) is 7.72. The van der Waals surface area contributed by atoms with E-state index in [9.17, 15) is 14.0 Å². The summed E-state index contributed by atoms with van der Waals surface area (Å²) in [5.74, 6) is 0.122. The predicted octanol–water partition coefficient (Wildman–Crippen LogP) is 4.19. The molecule has 0 fully saturated rings. The van der Waals surface area contributed by atoms with E-state index in [1.54, 1.807) is 18.2 Å². The van der Waals surface area contributed by atoms with E-state index < -0.39 is 0 Å². The highest BCUT2D eigenvalue weighted by Crippen LogP contribution is 2.20. The summed E-state index contributed by atoms with van der Waals surface area (Å²) >= 11 is 7.48. The van der Waals surface area contributed by atoms with E-state index in [0.717, 1.165) is 0 Å². The Morgan fingerprint density at radius 1 is 1.20 bits per heavy atom. The molecule has 0 atom stereocenters. The Balaban J connectivity index is 1.61. The van der Waals surface area contributed by atoms with Crippen molar-refractivity contribution in [3.05, 3.63) is 75.3 Å². The number of para-hydroxylation sites is 1. The number of anilines is 1. The van der Waals surface area contributed by atoms with Gasteiger partial charge in [0.25, 0.3) is 0 Å². The second-order valence-electron chi connectivity index (χ2n) is 5.37. The molecule has 128 valence electrons. The fourth-order valence-electron chi connectivity index (χ4n) is 2.35. The molecule has 0 saturated carbocycles. The smallest absolute Gasteiger partial charge is 0.234 e. The summed E-state index contributed by atoms with van der Waals surface area (Å²) in [6.45, 7) is 0. The summed E-state index contributed by atoms with van der Waals surface area (Å²) in [4.78, 5) is 27.2. The van der Waals surface area contributed by atoms with Crippen molar-refractivity contribution in [2.75, 3.05) is 11.1 Å². The van der Waals surface area contributed by atoms with Crippen molar-refractivity contribution in [1.29, 1.82) is 0 Å². The van der Waals surface area contributed by atoms with Crippen LogP contribution in [0.1, 0.15) is 5.69 Å². The maximum Gasteiger partial charge on any atom is 0.234 e. The van der Waals surface area contributed by atoms with E-state index in [-0.39, 0.29) is 22.9 Å². The van der Waals surface area contributed by atoms with E-state index in [0.29, 0.717) is 33.1 Å². The maximum absolute atomic E-state index is 12.8. The number of rotatable bonds is 5. The molecule has 4 nitrogen and oxygen atoms in total. The minimum atomic E-state index is -0.355. The van der Waals surface area contributed by atoms with Crippen molar-refractivity contribution in [3.8, 4) is 0 Å². The molecule has 0 unspecified atom stereocenters. The molecule has 1 heterocycles. The summed E-state index contributed by atoms with van der Waals surface area (Å²) in [5, 5.41) is 3.71. The van der Waals surface area contributed by atoms with E-state index in [2.05, 4.69) is 10.3 Å². The molecule has 0 aliphatic rings. The number of nitrogens with one attached hydrogen (secondary N) is 2. The molecular formula is C18H14ClFN2O2S. The highest BCUT2D eigenvalue weighted by atomic mass is 35.5. The van der Waals surface area contributed by atoms with Crippen LogP contribution in [0.4, 0.5) is 10.1 Å². The van der Waals surface area contributed by atoms with Gasteiger partial charge in [0, 0.05) is 28.6 Å². The largest absolute Gasteiger partial charge is 0.356 e. The lowest BCUT2D eigenvalue weighted by Crippen LogP contribution is -2.14. The van der Waals surface area contributed by atoms with Gasteiger partial charge in [0.1, 0.15) is 5.82 Å². The molecule has 3 aromatic rings. The number of fused-ring (bicyclic) bond motifs is 1. The monoisotopic (exact) mass is 376 g/mol. The van der Waals surface area contributed by atoms with Gasteiger partial charge >= 0.3 is 0 Å². The Hall–Kier alpha value is -2.31. The summed E-state index contributed by atoms with van der Waals surface area (Å²) in [6.07, 6.45) is 0. The summed E-state index contributed by atoms with van der Waals surface area (Å²) in [5.41, 5.74) is 1.73. The SMILES string of the molecule is O=C(CSCc1cc(=O)c2cccc(Cl)c2[nH]1)Nc1ccc(F)cc1. The van der Waals surface area contributed by atoms with E-state index >= 15 is 0 Å². The minimum Gasteiger partial charge on any atom is -0.356 e. The van der Waals surface area contributed by atoms with E-state index in [1.165, 1.54) is 42.1 Å². The van der Waals surface area contributed by atoms with Crippen LogP contribution in [-0.4, -0.2) is 16.6 Å². The number of aromatic nitrogens is 1. The van der Waals surface area contributed by atoms with Crippen molar-refractivity contribution in [2.45, 2.75) is 5.75 Å². The molecule has 25 heavy (non-hydrogen) atoms. The Labute approximate surface area is 152 Å². The lowest BCUT2D eigenvalue weighted by atomic mass is 10.2. The lowest BCUT2D eigenvalue weighted by molar-refractivity contribution is -0.113. The first-order chi connectivity index (χ1) is 12.0. The third-order valence-electron chi connectivity index (χ3n) is 3.49. The molecule has 0 radical (unpaired) electrons. The van der Waals surface area contributed by atoms with Gasteiger partial charge in [-0.05, 0) is 36.4 Å². The average Bonchev–Trinajstić information content (AvgIpc) is 2.58. The molecule has 1 amide bonds. The molecule has 0 bridgehead atoms. The van der Waals surface area contributed by atoms with Crippen molar-refractivity contribution < 1.29 is 9.18 Å². The fraction of sp³-hybridized carbons (Fsp3) is 0.111. The number of amides is 1. The number of carbonyl (C=O) groups is 1. The molecule has 7 heteroatoms. The van der Waals surface area contributed by atoms with Crippen molar-refractivity contribution in [2.24, 2.45) is 0 Å². The highest BCUT2D eigenvalue weighted by molar-refractivity contribution is 7.99. The highest BCUT2D eigenvalue weighted by Gasteiger charge is 2.07. The Morgan fingerprint density at radius 3 is 2.72 bits per heavy atom. The third-order valence-corrected chi connectivity index (χ3v) is 4.79. The number of H-pyrrole nitrogens is 1. The summed E-state index contributed by atoms with van der Waals surface area (Å²) < 4.78 is 12.8. The van der Waals surface area contributed by atoms with Crippen molar-refractivity contribution in [3.63, 3.8) is 0 Å². The van der Waals surface area contributed by atoms with E-state index in [1.807, 2.05) is 0 Å². The van der Waals surface area contributed by atoms with Crippen LogP contribution in [0.2, 0.25) is 5.02 Å². The number of benzene rings is 2. The van der Waals surface area contributed by atoms with Crippen molar-refractivity contribution in [1.82, 2.24) is 4.98 Å². The number of halogens is 2. The van der Waals surface area contributed by atoms with Gasteiger partial charge in [0.05, 0.1) is 16.3 Å². The predicted molar refractivity (Wildman–Crippen MR) is 101 cm³/mol. The molecule has 3 rings (SSSR count). The second-order valence-corrected chi connectivity index (χ2v) is 6.76. The van der Waals surface area contributed by atoms with Gasteiger partial charge in [-0.15, -0.1) is 11.8 Å². The topological polar surface area (TPSA) is 62.0 Å². The number of thioether (sulfide) groups is 1. The first kappa shape index (κ1) is 17.5. The molecule has 0 aliphatic carbocycles. The third kappa shape index (κ3) is 4.41. The zero-order chi connectivity index (χ0) is 17.8. The summed E-state index contributed by atoms with van der Waals surface area (Å²) in [7, 11) is 0. The van der Waals surface area contributed by atoms with Gasteiger partial charge in [-0.25, -0.2) is 4.39 Å². The molecular weight excluding hydrogens is 363 g/mol.